The first-order chi connectivity index (χ1) is 9.60. The third kappa shape index (κ3) is 2.62. The molecule has 0 spiro atoms. The normalized spacial score (nSPS) is 16.9. The van der Waals surface area contributed by atoms with E-state index in [-0.39, 0.29) is 22.7 Å². The Bertz CT molecular complexity index is 727. The average molecular weight is 330 g/mol. The van der Waals surface area contributed by atoms with Gasteiger partial charge >= 0.3 is 0 Å². The van der Waals surface area contributed by atoms with E-state index in [2.05, 4.69) is 12.6 Å². The first-order valence-electron chi connectivity index (χ1n) is 6.06. The summed E-state index contributed by atoms with van der Waals surface area (Å²) in [6, 6.07) is 3.19. The number of hydrogen-bond donors (Lipinski definition) is 1. The molecule has 0 saturated heterocycles. The Morgan fingerprint density at radius 1 is 1.38 bits per heavy atom. The smallest absolute Gasteiger partial charge is 0.268 e. The zero-order valence-corrected chi connectivity index (χ0v) is 13.1. The first-order valence-corrected chi connectivity index (χ1v) is 8.14. The van der Waals surface area contributed by atoms with Crippen molar-refractivity contribution in [3.8, 4) is 0 Å². The second-order valence-corrected chi connectivity index (χ2v) is 7.72. The van der Waals surface area contributed by atoms with Crippen LogP contribution in [-0.4, -0.2) is 35.9 Å². The van der Waals surface area contributed by atoms with Gasteiger partial charge in [-0.2, -0.15) is 12.6 Å². The quantitative estimate of drug-likeness (QED) is 0.515. The lowest BCUT2D eigenvalue weighted by Crippen LogP contribution is -2.39. The maximum Gasteiger partial charge on any atom is 0.270 e. The molecular formula is C12H14N2O5S2. The van der Waals surface area contributed by atoms with Gasteiger partial charge in [0.25, 0.3) is 21.6 Å². The molecule has 9 heteroatoms. The van der Waals surface area contributed by atoms with Crippen LogP contribution in [0.3, 0.4) is 0 Å². The highest BCUT2D eigenvalue weighted by Gasteiger charge is 2.44. The second-order valence-electron chi connectivity index (χ2n) is 5.58. The van der Waals surface area contributed by atoms with E-state index in [0.29, 0.717) is 5.75 Å². The molecule has 0 unspecified atom stereocenters. The van der Waals surface area contributed by atoms with E-state index in [9.17, 15) is 23.3 Å². The minimum Gasteiger partial charge on any atom is -0.268 e. The van der Waals surface area contributed by atoms with Gasteiger partial charge in [-0.15, -0.1) is 0 Å². The summed E-state index contributed by atoms with van der Waals surface area (Å²) in [6.07, 6.45) is 0. The molecule has 0 bridgehead atoms. The van der Waals surface area contributed by atoms with Gasteiger partial charge in [0.1, 0.15) is 4.90 Å². The summed E-state index contributed by atoms with van der Waals surface area (Å²) < 4.78 is 25.5. The number of fused-ring (bicyclic) bond motifs is 1. The highest BCUT2D eigenvalue weighted by molar-refractivity contribution is 7.90. The molecule has 0 N–H and O–H groups in total. The Kier molecular flexibility index (Phi) is 3.75. The van der Waals surface area contributed by atoms with E-state index in [1.807, 2.05) is 0 Å². The largest absolute Gasteiger partial charge is 0.270 e. The average Bonchev–Trinajstić information content (AvgIpc) is 2.59. The number of amides is 1. The Morgan fingerprint density at radius 3 is 2.52 bits per heavy atom. The zero-order valence-electron chi connectivity index (χ0n) is 11.4. The van der Waals surface area contributed by atoms with Crippen molar-refractivity contribution in [3.63, 3.8) is 0 Å². The first kappa shape index (κ1) is 15.8. The van der Waals surface area contributed by atoms with Gasteiger partial charge in [-0.3, -0.25) is 14.9 Å². The minimum atomic E-state index is -3.95. The van der Waals surface area contributed by atoms with Gasteiger partial charge in [-0.05, 0) is 17.2 Å². The van der Waals surface area contributed by atoms with Gasteiger partial charge in [-0.1, -0.05) is 13.8 Å². The van der Waals surface area contributed by atoms with Crippen LogP contribution in [0.15, 0.2) is 23.1 Å². The van der Waals surface area contributed by atoms with Crippen molar-refractivity contribution < 1.29 is 18.1 Å². The van der Waals surface area contributed by atoms with E-state index in [0.717, 1.165) is 22.5 Å². The van der Waals surface area contributed by atoms with Crippen LogP contribution >= 0.6 is 12.6 Å². The number of sulfonamides is 1. The van der Waals surface area contributed by atoms with Crippen molar-refractivity contribution in [2.75, 3.05) is 12.3 Å². The molecule has 0 aromatic heterocycles. The molecule has 7 nitrogen and oxygen atoms in total. The third-order valence-electron chi connectivity index (χ3n) is 3.20. The summed E-state index contributed by atoms with van der Waals surface area (Å²) >= 11 is 4.14. The molecule has 1 aromatic rings. The van der Waals surface area contributed by atoms with Crippen LogP contribution in [0.1, 0.15) is 24.2 Å². The molecule has 114 valence electrons. The Hall–Kier alpha value is -1.61. The van der Waals surface area contributed by atoms with E-state index in [1.54, 1.807) is 13.8 Å². The number of hydrogen-bond acceptors (Lipinski definition) is 6. The van der Waals surface area contributed by atoms with E-state index in [4.69, 9.17) is 0 Å². The summed E-state index contributed by atoms with van der Waals surface area (Å²) in [7, 11) is -3.95. The van der Waals surface area contributed by atoms with Crippen molar-refractivity contribution in [1.29, 1.82) is 0 Å². The summed E-state index contributed by atoms with van der Waals surface area (Å²) in [5, 5.41) is 10.7. The van der Waals surface area contributed by atoms with Crippen LogP contribution in [0.5, 0.6) is 0 Å². The van der Waals surface area contributed by atoms with Crippen molar-refractivity contribution in [2.45, 2.75) is 18.7 Å². The van der Waals surface area contributed by atoms with Gasteiger partial charge in [0, 0.05) is 18.7 Å². The summed E-state index contributed by atoms with van der Waals surface area (Å²) in [6.45, 7) is 3.54. The monoisotopic (exact) mass is 330 g/mol. The van der Waals surface area contributed by atoms with E-state index in [1.165, 1.54) is 0 Å². The summed E-state index contributed by atoms with van der Waals surface area (Å²) in [5.41, 5.74) is -0.966. The molecule has 1 aliphatic rings. The number of carbonyl (C=O) groups is 1. The molecule has 1 aliphatic heterocycles. The molecule has 0 saturated carbocycles. The Labute approximate surface area is 127 Å². The molecule has 0 atom stereocenters. The molecule has 0 aliphatic carbocycles. The van der Waals surface area contributed by atoms with Gasteiger partial charge in [0.15, 0.2) is 0 Å². The fraction of sp³-hybridized carbons (Fsp3) is 0.417. The lowest BCUT2D eigenvalue weighted by molar-refractivity contribution is -0.384. The van der Waals surface area contributed by atoms with Crippen LogP contribution in [0.25, 0.3) is 0 Å². The van der Waals surface area contributed by atoms with Crippen LogP contribution in [0.4, 0.5) is 5.69 Å². The number of nitro groups is 1. The number of rotatable bonds is 4. The topological polar surface area (TPSA) is 97.6 Å². The van der Waals surface area contributed by atoms with Gasteiger partial charge < -0.3 is 0 Å². The van der Waals surface area contributed by atoms with Crippen molar-refractivity contribution in [3.05, 3.63) is 33.9 Å². The lowest BCUT2D eigenvalue weighted by Gasteiger charge is -2.27. The maximum absolute atomic E-state index is 12.4. The van der Waals surface area contributed by atoms with Gasteiger partial charge in [0.05, 0.1) is 10.5 Å². The predicted octanol–water partition coefficient (Wildman–Crippen LogP) is 1.70. The molecule has 0 fully saturated rings. The van der Waals surface area contributed by atoms with E-state index < -0.39 is 26.3 Å². The van der Waals surface area contributed by atoms with Crippen LogP contribution in [0.2, 0.25) is 0 Å². The molecule has 0 radical (unpaired) electrons. The fourth-order valence-electron chi connectivity index (χ4n) is 1.98. The SMILES string of the molecule is CC(C)(CS)CN1C(=O)c2cc([N+](=O)[O-])ccc2S1(=O)=O. The number of nitro benzene ring substituents is 1. The van der Waals surface area contributed by atoms with Crippen molar-refractivity contribution in [2.24, 2.45) is 5.41 Å². The standard InChI is InChI=1S/C12H14N2O5S2/c1-12(2,7-20)6-13-11(15)9-5-8(14(16)17)3-4-10(9)21(13,18)19/h3-5,20H,6-7H2,1-2H3. The van der Waals surface area contributed by atoms with Gasteiger partial charge in [0.2, 0.25) is 0 Å². The molecule has 1 amide bonds. The van der Waals surface area contributed by atoms with Gasteiger partial charge in [-0.25, -0.2) is 12.7 Å². The highest BCUT2D eigenvalue weighted by Crippen LogP contribution is 2.35. The van der Waals surface area contributed by atoms with E-state index >= 15 is 0 Å². The van der Waals surface area contributed by atoms with Crippen molar-refractivity contribution in [1.82, 2.24) is 4.31 Å². The lowest BCUT2D eigenvalue weighted by atomic mass is 9.96. The fourth-order valence-corrected chi connectivity index (χ4v) is 3.82. The Morgan fingerprint density at radius 2 is 2.00 bits per heavy atom. The molecule has 21 heavy (non-hydrogen) atoms. The highest BCUT2D eigenvalue weighted by atomic mass is 32.2. The Balaban J connectivity index is 2.52. The third-order valence-corrected chi connectivity index (χ3v) is 5.84. The van der Waals surface area contributed by atoms with Crippen LogP contribution in [0, 0.1) is 15.5 Å². The number of nitrogens with zero attached hydrogens (tertiary/aromatic N) is 2. The number of benzene rings is 1. The molecule has 2 rings (SSSR count). The minimum absolute atomic E-state index is 0.0276. The van der Waals surface area contributed by atoms with Crippen molar-refractivity contribution >= 4 is 34.2 Å². The predicted molar refractivity (Wildman–Crippen MR) is 79.0 cm³/mol. The number of non-ortho nitro benzene ring substituents is 1. The molecule has 1 aromatic carbocycles. The van der Waals surface area contributed by atoms with Crippen LogP contribution in [-0.2, 0) is 10.0 Å². The molecular weight excluding hydrogens is 316 g/mol. The summed E-state index contributed by atoms with van der Waals surface area (Å²) in [4.78, 5) is 22.2. The zero-order chi connectivity index (χ0) is 16.0. The number of carbonyl (C=O) groups excluding carboxylic acids is 1. The maximum atomic E-state index is 12.4. The van der Waals surface area contributed by atoms with Crippen LogP contribution < -0.4 is 0 Å². The second kappa shape index (κ2) is 4.99. The molecule has 1 heterocycles. The number of thiol groups is 1. The summed E-state index contributed by atoms with van der Waals surface area (Å²) in [5.74, 6) is -0.341.